The topological polar surface area (TPSA) is 93.0 Å². The summed E-state index contributed by atoms with van der Waals surface area (Å²) in [5.41, 5.74) is 0. The van der Waals surface area contributed by atoms with Crippen LogP contribution in [0.25, 0.3) is 0 Å². The van der Waals surface area contributed by atoms with E-state index < -0.39 is 11.2 Å². The molecule has 213 valence electrons. The van der Waals surface area contributed by atoms with Gasteiger partial charge >= 0.3 is 41.5 Å². The van der Waals surface area contributed by atoms with Crippen LogP contribution in [0.1, 0.15) is 0 Å². The second kappa shape index (κ2) is 21.9. The SMILES string of the molecule is C=CC(O)CN1CC1.C=CC(O)CN1CC1.C=CC(O)CN1CC1.C=CC(O)CN1CC1.[Cl][Fe]([Cl])[Cl]. The van der Waals surface area contributed by atoms with Crippen molar-refractivity contribution in [1.29, 1.82) is 0 Å². The predicted molar refractivity (Wildman–Crippen MR) is 148 cm³/mol. The van der Waals surface area contributed by atoms with Gasteiger partial charge in [-0.3, -0.25) is 19.6 Å². The molecule has 12 heteroatoms. The number of hydrogen-bond donors (Lipinski definition) is 4. The zero-order valence-corrected chi connectivity index (χ0v) is 24.4. The predicted octanol–water partition coefficient (Wildman–Crippen LogP) is 1.46. The fraction of sp³-hybridized carbons (Fsp3) is 0.667. The molecule has 4 fully saturated rings. The molecular formula is C24H44Cl3FeN4O4. The van der Waals surface area contributed by atoms with Crippen LogP contribution < -0.4 is 0 Å². The molecule has 4 aliphatic rings. The molecule has 4 N–H and O–H groups in total. The Kier molecular flexibility index (Phi) is 21.9. The zero-order chi connectivity index (χ0) is 27.5. The summed E-state index contributed by atoms with van der Waals surface area (Å²) in [6.07, 6.45) is 4.98. The quantitative estimate of drug-likeness (QED) is 0.149. The van der Waals surface area contributed by atoms with Gasteiger partial charge in [-0.2, -0.15) is 0 Å². The standard InChI is InChI=1S/4C6H11NO.3ClH.Fe/c4*1-2-6(8)5-7-3-4-7;;;;/h4*2,6,8H,1,3-5H2;3*1H;/q;;;;;;;+3/p-3. The summed E-state index contributed by atoms with van der Waals surface area (Å²) in [4.78, 5) is 8.64. The summed E-state index contributed by atoms with van der Waals surface area (Å²) < 4.78 is 0. The molecule has 0 aromatic heterocycles. The Balaban J connectivity index is 0.000000433. The minimum absolute atomic E-state index is 0.322. The first-order valence-electron chi connectivity index (χ1n) is 11.8. The third kappa shape index (κ3) is 28.6. The Morgan fingerprint density at radius 1 is 0.500 bits per heavy atom. The zero-order valence-electron chi connectivity index (χ0n) is 21.0. The van der Waals surface area contributed by atoms with Crippen LogP contribution in [-0.2, 0) is 11.2 Å². The number of aliphatic hydroxyl groups is 4. The maximum atomic E-state index is 8.91. The fourth-order valence-electron chi connectivity index (χ4n) is 2.37. The molecule has 36 heavy (non-hydrogen) atoms. The van der Waals surface area contributed by atoms with Crippen molar-refractivity contribution < 1.29 is 31.6 Å². The summed E-state index contributed by atoms with van der Waals surface area (Å²) in [6.45, 7) is 26.1. The molecule has 0 amide bonds. The Morgan fingerprint density at radius 3 is 0.722 bits per heavy atom. The van der Waals surface area contributed by atoms with E-state index in [2.05, 4.69) is 45.9 Å². The first kappa shape index (κ1) is 36.0. The van der Waals surface area contributed by atoms with Crippen LogP contribution in [0.4, 0.5) is 0 Å². The van der Waals surface area contributed by atoms with Crippen LogP contribution in [0.5, 0.6) is 0 Å². The molecule has 0 saturated carbocycles. The van der Waals surface area contributed by atoms with Crippen molar-refractivity contribution in [2.24, 2.45) is 0 Å². The molecule has 0 radical (unpaired) electrons. The van der Waals surface area contributed by atoms with Gasteiger partial charge in [0.1, 0.15) is 0 Å². The van der Waals surface area contributed by atoms with Crippen molar-refractivity contribution >= 4 is 30.3 Å². The molecule has 0 aromatic carbocycles. The van der Waals surface area contributed by atoms with Crippen molar-refractivity contribution in [2.75, 3.05) is 78.5 Å². The first-order chi connectivity index (χ1) is 17.0. The van der Waals surface area contributed by atoms with Crippen LogP contribution in [-0.4, -0.2) is 143 Å². The summed E-state index contributed by atoms with van der Waals surface area (Å²) in [5.74, 6) is 0. The molecule has 0 bridgehead atoms. The Morgan fingerprint density at radius 2 is 0.639 bits per heavy atom. The van der Waals surface area contributed by atoms with Crippen molar-refractivity contribution in [3.05, 3.63) is 50.6 Å². The summed E-state index contributed by atoms with van der Waals surface area (Å²) >= 11 is -1.33. The van der Waals surface area contributed by atoms with Crippen molar-refractivity contribution in [3.8, 4) is 0 Å². The number of β-amino-alcohol motifs (C(OH)–C–C–N with tert-alkyl or cyclic N) is 4. The van der Waals surface area contributed by atoms with Crippen LogP contribution in [0.15, 0.2) is 50.6 Å². The average Bonchev–Trinajstić information content (AvgIpc) is 3.63. The molecule has 4 saturated heterocycles. The molecule has 4 unspecified atom stereocenters. The van der Waals surface area contributed by atoms with Gasteiger partial charge in [-0.05, 0) is 0 Å². The third-order valence-electron chi connectivity index (χ3n) is 5.03. The van der Waals surface area contributed by atoms with Gasteiger partial charge in [0.25, 0.3) is 0 Å². The molecule has 0 aliphatic carbocycles. The monoisotopic (exact) mass is 613 g/mol. The minimum atomic E-state index is -1.33. The van der Waals surface area contributed by atoms with E-state index in [1.165, 1.54) is 0 Å². The number of halogens is 3. The van der Waals surface area contributed by atoms with Crippen molar-refractivity contribution in [3.63, 3.8) is 0 Å². The third-order valence-corrected chi connectivity index (χ3v) is 5.03. The number of nitrogens with zero attached hydrogens (tertiary/aromatic N) is 4. The second-order valence-corrected chi connectivity index (χ2v) is 14.0. The van der Waals surface area contributed by atoms with Gasteiger partial charge in [-0.1, -0.05) is 24.3 Å². The fourth-order valence-corrected chi connectivity index (χ4v) is 2.37. The molecular weight excluding hydrogens is 570 g/mol. The maximum absolute atomic E-state index is 8.91. The van der Waals surface area contributed by atoms with Crippen LogP contribution in [0.2, 0.25) is 0 Å². The summed E-state index contributed by atoms with van der Waals surface area (Å²) in [7, 11) is 14.7. The molecule has 4 aliphatic heterocycles. The van der Waals surface area contributed by atoms with E-state index in [9.17, 15) is 0 Å². The van der Waals surface area contributed by atoms with Gasteiger partial charge in [0, 0.05) is 78.5 Å². The van der Waals surface area contributed by atoms with Gasteiger partial charge in [-0.15, -0.1) is 26.3 Å². The number of aliphatic hydroxyl groups excluding tert-OH is 4. The van der Waals surface area contributed by atoms with Gasteiger partial charge in [-0.25, -0.2) is 0 Å². The van der Waals surface area contributed by atoms with Gasteiger partial charge < -0.3 is 20.4 Å². The van der Waals surface area contributed by atoms with Gasteiger partial charge in [0.15, 0.2) is 0 Å². The van der Waals surface area contributed by atoms with Crippen LogP contribution in [0, 0.1) is 0 Å². The van der Waals surface area contributed by atoms with E-state index in [1.807, 2.05) is 0 Å². The van der Waals surface area contributed by atoms with E-state index in [1.54, 1.807) is 24.3 Å². The molecule has 0 aromatic rings. The normalized spacial score (nSPS) is 21.4. The Hall–Kier alpha value is 0.0295. The molecule has 4 heterocycles. The van der Waals surface area contributed by atoms with Crippen LogP contribution >= 0.6 is 30.3 Å². The van der Waals surface area contributed by atoms with Crippen LogP contribution in [0.3, 0.4) is 0 Å². The molecule has 4 rings (SSSR count). The molecule has 8 nitrogen and oxygen atoms in total. The van der Waals surface area contributed by atoms with E-state index in [-0.39, 0.29) is 24.4 Å². The Labute approximate surface area is 234 Å². The molecule has 0 spiro atoms. The van der Waals surface area contributed by atoms with E-state index in [4.69, 9.17) is 50.7 Å². The Bertz CT molecular complexity index is 509. The summed E-state index contributed by atoms with van der Waals surface area (Å²) in [6, 6.07) is 0. The molecule has 4 atom stereocenters. The van der Waals surface area contributed by atoms with E-state index in [0.29, 0.717) is 0 Å². The first-order valence-corrected chi connectivity index (χ1v) is 16.4. The van der Waals surface area contributed by atoms with Gasteiger partial charge in [0.05, 0.1) is 24.4 Å². The number of rotatable bonds is 12. The van der Waals surface area contributed by atoms with Crippen molar-refractivity contribution in [2.45, 2.75) is 24.4 Å². The second-order valence-electron chi connectivity index (χ2n) is 8.57. The van der Waals surface area contributed by atoms with Crippen molar-refractivity contribution in [1.82, 2.24) is 19.6 Å². The average molecular weight is 615 g/mol. The number of hydrogen-bond acceptors (Lipinski definition) is 8. The van der Waals surface area contributed by atoms with E-state index in [0.717, 1.165) is 78.5 Å². The summed E-state index contributed by atoms with van der Waals surface area (Å²) in [5, 5.41) is 35.6. The van der Waals surface area contributed by atoms with E-state index >= 15 is 0 Å². The van der Waals surface area contributed by atoms with Gasteiger partial charge in [0.2, 0.25) is 0 Å².